The van der Waals surface area contributed by atoms with Crippen molar-refractivity contribution in [1.29, 1.82) is 0 Å². The Bertz CT molecular complexity index is 1290. The second kappa shape index (κ2) is 13.7. The summed E-state index contributed by atoms with van der Waals surface area (Å²) < 4.78 is 5.60. The number of carbonyl (C=O) groups is 3. The molecule has 0 aliphatic carbocycles. The van der Waals surface area contributed by atoms with Crippen LogP contribution < -0.4 is 15.2 Å². The van der Waals surface area contributed by atoms with Gasteiger partial charge in [0.05, 0.1) is 0 Å². The van der Waals surface area contributed by atoms with Gasteiger partial charge in [0, 0.05) is 0 Å². The van der Waals surface area contributed by atoms with Gasteiger partial charge in [0.2, 0.25) is 0 Å². The van der Waals surface area contributed by atoms with E-state index >= 15 is 0 Å². The number of phenols is 1. The van der Waals surface area contributed by atoms with Gasteiger partial charge in [-0.25, -0.2) is 0 Å². The van der Waals surface area contributed by atoms with Gasteiger partial charge in [-0.3, -0.25) is 0 Å². The fourth-order valence-electron chi connectivity index (χ4n) is 3.98. The Kier molecular flexibility index (Phi) is 10.4. The molecule has 3 N–H and O–H groups in total. The Hall–Kier alpha value is -3.71. The molecule has 3 rings (SSSR count). The Morgan fingerprint density at radius 3 is 2.37 bits per heavy atom. The Morgan fingerprint density at radius 2 is 1.71 bits per heavy atom. The number of ether oxygens (including phenoxy) is 1. The zero-order chi connectivity index (χ0) is 27.7. The van der Waals surface area contributed by atoms with E-state index in [0.29, 0.717) is 22.5 Å². The van der Waals surface area contributed by atoms with E-state index in [1.807, 2.05) is 25.1 Å². The van der Waals surface area contributed by atoms with Crippen molar-refractivity contribution in [2.24, 2.45) is 0 Å². The molecule has 1 heterocycles. The average Bonchev–Trinajstić information content (AvgIpc) is 2.88. The molecule has 0 saturated heterocycles. The molecule has 9 nitrogen and oxygen atoms in total. The van der Waals surface area contributed by atoms with Crippen LogP contribution in [0.25, 0.3) is 0 Å². The van der Waals surface area contributed by atoms with E-state index < -0.39 is 33.7 Å². The van der Waals surface area contributed by atoms with Crippen molar-refractivity contribution in [3.05, 3.63) is 82.2 Å². The first-order chi connectivity index (χ1) is 18.2. The molecule has 2 unspecified atom stereocenters. The molecule has 3 aromatic rings. The van der Waals surface area contributed by atoms with Crippen molar-refractivity contribution in [3.63, 3.8) is 0 Å². The van der Waals surface area contributed by atoms with Crippen molar-refractivity contribution >= 4 is 38.1 Å². The van der Waals surface area contributed by atoms with Crippen molar-refractivity contribution in [1.82, 2.24) is 20.6 Å². The molecule has 1 aromatic heterocycles. The van der Waals surface area contributed by atoms with Crippen LogP contribution in [0.4, 0.5) is 0 Å². The number of aromatic hydroxyl groups is 1. The van der Waals surface area contributed by atoms with Crippen molar-refractivity contribution in [3.8, 4) is 5.75 Å². The maximum atomic E-state index is 13.1. The number of nitrogens with one attached hydrogen (secondary N) is 2. The summed E-state index contributed by atoms with van der Waals surface area (Å²) in [5.41, 5.74) is 3.86. The van der Waals surface area contributed by atoms with Gasteiger partial charge in [0.25, 0.3) is 0 Å². The van der Waals surface area contributed by atoms with Crippen molar-refractivity contribution < 1.29 is 24.2 Å². The van der Waals surface area contributed by atoms with Gasteiger partial charge in [0.15, 0.2) is 0 Å². The van der Waals surface area contributed by atoms with Crippen molar-refractivity contribution in [2.75, 3.05) is 13.7 Å². The molecule has 200 valence electrons. The normalized spacial score (nSPS) is 11.8. The molecule has 0 aliphatic rings. The fourth-order valence-corrected chi connectivity index (χ4v) is 6.22. The standard InChI is InChI=1S/C28H33AsN4O5/c1-17-8-5-11-21(14-17)25(35)30-16-23(27(37)38-4)33-26(36)24-18(2)31-28(32-19(24)3)29-13-7-10-20-9-6-12-22(34)15-20/h5-6,8-9,11-12,14-15,23,29,34H,7,10,13,16H2,1-4H3,(H,30,35)(H,33,36). The number of hydrogen-bond donors (Lipinski definition) is 3. The Morgan fingerprint density at radius 1 is 1.00 bits per heavy atom. The zero-order valence-electron chi connectivity index (χ0n) is 22.0. The minimum atomic E-state index is -1.08. The third-order valence-electron chi connectivity index (χ3n) is 5.87. The van der Waals surface area contributed by atoms with E-state index in [-0.39, 0.29) is 18.2 Å². The summed E-state index contributed by atoms with van der Waals surface area (Å²) in [4.78, 5) is 47.1. The van der Waals surface area contributed by atoms with Crippen LogP contribution >= 0.6 is 0 Å². The van der Waals surface area contributed by atoms with E-state index in [2.05, 4.69) is 20.6 Å². The third-order valence-corrected chi connectivity index (χ3v) is 8.27. The van der Waals surface area contributed by atoms with E-state index in [0.717, 1.165) is 33.8 Å². The van der Waals surface area contributed by atoms with E-state index in [1.54, 1.807) is 44.2 Å². The number of benzene rings is 2. The summed E-state index contributed by atoms with van der Waals surface area (Å²) in [7, 11) is 1.23. The molecule has 0 aliphatic heterocycles. The summed E-state index contributed by atoms with van der Waals surface area (Å²) in [5.74, 6) is -1.26. The van der Waals surface area contributed by atoms with Gasteiger partial charge in [-0.05, 0) is 6.92 Å². The molecule has 0 bridgehead atoms. The molecule has 0 spiro atoms. The predicted octanol–water partition coefficient (Wildman–Crippen LogP) is 1.92. The van der Waals surface area contributed by atoms with Crippen LogP contribution in [0.2, 0.25) is 5.21 Å². The number of rotatable bonds is 11. The Labute approximate surface area is 229 Å². The van der Waals surface area contributed by atoms with Crippen LogP contribution in [-0.4, -0.2) is 68.3 Å². The molecule has 0 fully saturated rings. The molecule has 10 heteroatoms. The van der Waals surface area contributed by atoms with E-state index in [9.17, 15) is 19.5 Å². The van der Waals surface area contributed by atoms with Gasteiger partial charge in [-0.1, -0.05) is 17.7 Å². The monoisotopic (exact) mass is 580 g/mol. The number of aromatic nitrogens is 2. The number of methoxy groups -OCH3 is 1. The number of carbonyl (C=O) groups excluding carboxylic acids is 3. The van der Waals surface area contributed by atoms with Gasteiger partial charge in [0.1, 0.15) is 0 Å². The fraction of sp³-hybridized carbons (Fsp3) is 0.321. The van der Waals surface area contributed by atoms with E-state index in [4.69, 9.17) is 4.74 Å². The summed E-state index contributed by atoms with van der Waals surface area (Å²) in [5, 5.41) is 15.9. The molecular weight excluding hydrogens is 547 g/mol. The number of amides is 2. The first kappa shape index (κ1) is 28.9. The molecule has 0 radical (unpaired) electrons. The summed E-state index contributed by atoms with van der Waals surface area (Å²) in [6.45, 7) is 5.25. The third kappa shape index (κ3) is 8.15. The molecule has 2 amide bonds. The number of esters is 1. The molecule has 0 saturated carbocycles. The number of phenolic OH excluding ortho intramolecular Hbond substituents is 1. The van der Waals surface area contributed by atoms with Crippen LogP contribution in [0.1, 0.15) is 49.7 Å². The van der Waals surface area contributed by atoms with Crippen molar-refractivity contribution in [2.45, 2.75) is 44.9 Å². The second-order valence-electron chi connectivity index (χ2n) is 8.92. The maximum absolute atomic E-state index is 13.1. The molecule has 2 atom stereocenters. The van der Waals surface area contributed by atoms with Crippen LogP contribution in [-0.2, 0) is 16.0 Å². The summed E-state index contributed by atoms with van der Waals surface area (Å²) in [6.07, 6.45) is 1.83. The minimum absolute atomic E-state index is 0.131. The van der Waals surface area contributed by atoms with Crippen LogP contribution in [0.5, 0.6) is 5.75 Å². The van der Waals surface area contributed by atoms with Crippen LogP contribution in [0.15, 0.2) is 48.5 Å². The van der Waals surface area contributed by atoms with Crippen LogP contribution in [0.3, 0.4) is 0 Å². The van der Waals surface area contributed by atoms with E-state index in [1.165, 1.54) is 7.11 Å². The quantitative estimate of drug-likeness (QED) is 0.180. The first-order valence-corrected chi connectivity index (χ1v) is 14.8. The summed E-state index contributed by atoms with van der Waals surface area (Å²) >= 11 is -0.603. The molecular formula is C28H33AsN4O5. The van der Waals surface area contributed by atoms with Gasteiger partial charge >= 0.3 is 205 Å². The second-order valence-corrected chi connectivity index (χ2v) is 11.7. The number of aryl methyl sites for hydroxylation is 4. The molecule has 38 heavy (non-hydrogen) atoms. The number of nitrogens with zero attached hydrogens (tertiary/aromatic N) is 2. The zero-order valence-corrected chi connectivity index (χ0v) is 24.1. The predicted molar refractivity (Wildman–Crippen MR) is 146 cm³/mol. The first-order valence-electron chi connectivity index (χ1n) is 12.3. The van der Waals surface area contributed by atoms with Crippen LogP contribution in [0, 0.1) is 20.8 Å². The average molecular weight is 581 g/mol. The van der Waals surface area contributed by atoms with Gasteiger partial charge in [-0.2, -0.15) is 0 Å². The van der Waals surface area contributed by atoms with Gasteiger partial charge in [-0.15, -0.1) is 0 Å². The Balaban J connectivity index is 1.60. The number of hydrogen-bond acceptors (Lipinski definition) is 7. The SMILES string of the molecule is COC(=O)C(CNC(=O)c1cccc(C)c1)NC(=O)c1c(C)nc([AsH]CCCc2cccc(O)c2)nc1C. The summed E-state index contributed by atoms with van der Waals surface area (Å²) in [6, 6.07) is 13.2. The molecule has 2 aromatic carbocycles. The topological polar surface area (TPSA) is 131 Å². The van der Waals surface area contributed by atoms with Gasteiger partial charge < -0.3 is 0 Å².